The van der Waals surface area contributed by atoms with Crippen molar-refractivity contribution in [1.82, 2.24) is 4.90 Å². The van der Waals surface area contributed by atoms with Gasteiger partial charge in [-0.05, 0) is 6.42 Å². The SMILES string of the molecule is N#CCC[C@]1(C(=O)O)C[C@@H](C(=O)O)N(C(=O)O)C1=O. The van der Waals surface area contributed by atoms with Gasteiger partial charge in [0.25, 0.3) is 0 Å². The number of rotatable bonds is 4. The molecule has 0 aliphatic carbocycles. The van der Waals surface area contributed by atoms with E-state index in [0.29, 0.717) is 0 Å². The lowest BCUT2D eigenvalue weighted by molar-refractivity contribution is -0.156. The quantitative estimate of drug-likeness (QED) is 0.589. The van der Waals surface area contributed by atoms with Crippen LogP contribution in [-0.2, 0) is 14.4 Å². The summed E-state index contributed by atoms with van der Waals surface area (Å²) in [7, 11) is 0. The third-order valence-corrected chi connectivity index (χ3v) is 3.05. The molecule has 2 atom stereocenters. The van der Waals surface area contributed by atoms with Gasteiger partial charge in [-0.15, -0.1) is 0 Å². The Balaban J connectivity index is 3.25. The number of amides is 2. The Morgan fingerprint density at radius 3 is 2.26 bits per heavy atom. The van der Waals surface area contributed by atoms with E-state index < -0.39 is 48.2 Å². The van der Waals surface area contributed by atoms with Gasteiger partial charge in [0.15, 0.2) is 5.41 Å². The molecule has 1 aliphatic rings. The molecule has 1 aliphatic heterocycles. The van der Waals surface area contributed by atoms with E-state index in [-0.39, 0.29) is 11.3 Å². The first-order valence-electron chi connectivity index (χ1n) is 5.17. The van der Waals surface area contributed by atoms with Crippen molar-refractivity contribution in [2.45, 2.75) is 25.3 Å². The zero-order chi connectivity index (χ0) is 14.8. The number of carbonyl (C=O) groups is 4. The molecule has 0 radical (unpaired) electrons. The molecule has 0 unspecified atom stereocenters. The topological polar surface area (TPSA) is 156 Å². The second-order valence-electron chi connectivity index (χ2n) is 4.06. The van der Waals surface area contributed by atoms with Gasteiger partial charge < -0.3 is 15.3 Å². The van der Waals surface area contributed by atoms with E-state index >= 15 is 0 Å². The molecule has 9 heteroatoms. The molecule has 0 bridgehead atoms. The largest absolute Gasteiger partial charge is 0.480 e. The molecular weight excluding hydrogens is 260 g/mol. The van der Waals surface area contributed by atoms with E-state index in [1.54, 1.807) is 6.07 Å². The molecule has 1 heterocycles. The second-order valence-corrected chi connectivity index (χ2v) is 4.06. The summed E-state index contributed by atoms with van der Waals surface area (Å²) in [5.41, 5.74) is -2.17. The fourth-order valence-electron chi connectivity index (χ4n) is 2.06. The predicted octanol–water partition coefficient (Wildman–Crippen LogP) is -0.275. The Morgan fingerprint density at radius 1 is 1.37 bits per heavy atom. The van der Waals surface area contributed by atoms with Crippen LogP contribution in [0.4, 0.5) is 4.79 Å². The minimum Gasteiger partial charge on any atom is -0.480 e. The lowest BCUT2D eigenvalue weighted by Crippen LogP contribution is -2.45. The molecule has 0 spiro atoms. The van der Waals surface area contributed by atoms with Crippen LogP contribution in [-0.4, -0.2) is 50.2 Å². The molecule has 1 fully saturated rings. The molecule has 0 aromatic heterocycles. The summed E-state index contributed by atoms with van der Waals surface area (Å²) in [5.74, 6) is -4.53. The number of carbonyl (C=O) groups excluding carboxylic acids is 1. The van der Waals surface area contributed by atoms with Gasteiger partial charge in [-0.3, -0.25) is 9.59 Å². The van der Waals surface area contributed by atoms with Crippen LogP contribution >= 0.6 is 0 Å². The second kappa shape index (κ2) is 4.93. The predicted molar refractivity (Wildman–Crippen MR) is 55.8 cm³/mol. The Kier molecular flexibility index (Phi) is 3.75. The molecule has 0 aromatic carbocycles. The van der Waals surface area contributed by atoms with Crippen molar-refractivity contribution in [2.24, 2.45) is 5.41 Å². The monoisotopic (exact) mass is 270 g/mol. The summed E-state index contributed by atoms with van der Waals surface area (Å²) in [4.78, 5) is 45.0. The number of hydrogen-bond acceptors (Lipinski definition) is 5. The normalized spacial score (nSPS) is 25.9. The van der Waals surface area contributed by atoms with E-state index in [4.69, 9.17) is 20.6 Å². The van der Waals surface area contributed by atoms with Crippen LogP contribution in [0.1, 0.15) is 19.3 Å². The Hall–Kier alpha value is -2.63. The first-order valence-corrected chi connectivity index (χ1v) is 5.17. The van der Waals surface area contributed by atoms with Gasteiger partial charge in [0, 0.05) is 12.8 Å². The maximum Gasteiger partial charge on any atom is 0.414 e. The van der Waals surface area contributed by atoms with Crippen molar-refractivity contribution in [2.75, 3.05) is 0 Å². The highest BCUT2D eigenvalue weighted by Gasteiger charge is 2.60. The number of imide groups is 1. The van der Waals surface area contributed by atoms with Crippen LogP contribution in [0.5, 0.6) is 0 Å². The maximum atomic E-state index is 11.9. The van der Waals surface area contributed by atoms with E-state index in [1.165, 1.54) is 0 Å². The van der Waals surface area contributed by atoms with Crippen molar-refractivity contribution in [3.63, 3.8) is 0 Å². The van der Waals surface area contributed by atoms with E-state index in [1.807, 2.05) is 0 Å². The molecule has 1 saturated heterocycles. The van der Waals surface area contributed by atoms with Crippen LogP contribution in [0.2, 0.25) is 0 Å². The summed E-state index contributed by atoms with van der Waals surface area (Å²) in [5, 5.41) is 35.3. The summed E-state index contributed by atoms with van der Waals surface area (Å²) < 4.78 is 0. The van der Waals surface area contributed by atoms with Crippen LogP contribution in [0.25, 0.3) is 0 Å². The van der Waals surface area contributed by atoms with Crippen molar-refractivity contribution >= 4 is 23.9 Å². The number of nitriles is 1. The molecule has 1 rings (SSSR count). The van der Waals surface area contributed by atoms with Gasteiger partial charge in [0.1, 0.15) is 6.04 Å². The zero-order valence-electron chi connectivity index (χ0n) is 9.57. The van der Waals surface area contributed by atoms with E-state index in [9.17, 15) is 19.2 Å². The highest BCUT2D eigenvalue weighted by atomic mass is 16.4. The third-order valence-electron chi connectivity index (χ3n) is 3.05. The third kappa shape index (κ3) is 2.20. The van der Waals surface area contributed by atoms with Crippen molar-refractivity contribution in [3.8, 4) is 6.07 Å². The minimum atomic E-state index is -2.17. The van der Waals surface area contributed by atoms with Crippen molar-refractivity contribution < 1.29 is 34.5 Å². The smallest absolute Gasteiger partial charge is 0.414 e. The van der Waals surface area contributed by atoms with Crippen LogP contribution in [0, 0.1) is 16.7 Å². The van der Waals surface area contributed by atoms with Gasteiger partial charge in [0.2, 0.25) is 5.91 Å². The number of carboxylic acids is 2. The van der Waals surface area contributed by atoms with Gasteiger partial charge in [-0.1, -0.05) is 0 Å². The van der Waals surface area contributed by atoms with Crippen LogP contribution in [0.15, 0.2) is 0 Å². The molecule has 2 amide bonds. The summed E-state index contributed by atoms with van der Waals surface area (Å²) in [6.07, 6.45) is -3.22. The first kappa shape index (κ1) is 14.4. The molecule has 3 N–H and O–H groups in total. The fourth-order valence-corrected chi connectivity index (χ4v) is 2.06. The molecule has 0 saturated carbocycles. The van der Waals surface area contributed by atoms with Crippen molar-refractivity contribution in [1.29, 1.82) is 5.26 Å². The van der Waals surface area contributed by atoms with E-state index in [2.05, 4.69) is 0 Å². The Bertz CT molecular complexity index is 495. The number of hydrogen-bond donors (Lipinski definition) is 3. The minimum absolute atomic E-state index is 0.00777. The van der Waals surface area contributed by atoms with Gasteiger partial charge in [-0.25, -0.2) is 14.5 Å². The summed E-state index contributed by atoms with van der Waals surface area (Å²) in [6.45, 7) is 0. The van der Waals surface area contributed by atoms with Crippen LogP contribution in [0.3, 0.4) is 0 Å². The number of likely N-dealkylation sites (tertiary alicyclic amines) is 1. The molecule has 0 aromatic rings. The lowest BCUT2D eigenvalue weighted by Gasteiger charge is -2.20. The number of aliphatic carboxylic acids is 2. The average molecular weight is 270 g/mol. The number of nitrogens with zero attached hydrogens (tertiary/aromatic N) is 2. The summed E-state index contributed by atoms with van der Waals surface area (Å²) in [6, 6.07) is -0.0962. The fraction of sp³-hybridized carbons (Fsp3) is 0.500. The van der Waals surface area contributed by atoms with Crippen molar-refractivity contribution in [3.05, 3.63) is 0 Å². The number of carboxylic acid groups (broad SMARTS) is 3. The molecule has 19 heavy (non-hydrogen) atoms. The van der Waals surface area contributed by atoms with E-state index in [0.717, 1.165) is 0 Å². The average Bonchev–Trinajstić information content (AvgIpc) is 2.61. The molecule has 102 valence electrons. The van der Waals surface area contributed by atoms with Gasteiger partial charge in [-0.2, -0.15) is 5.26 Å². The standard InChI is InChI=1S/C10H10N2O7/c11-3-1-2-10(8(16)17)4-5(6(13)14)12(7(10)15)9(18)19/h5H,1-2,4H2,(H,13,14)(H,16,17)(H,18,19)/t5-,10-/m0/s1. The Morgan fingerprint density at radius 2 is 1.95 bits per heavy atom. The highest BCUT2D eigenvalue weighted by molar-refractivity contribution is 6.11. The maximum absolute atomic E-state index is 11.9. The molecular formula is C10H10N2O7. The zero-order valence-corrected chi connectivity index (χ0v) is 9.57. The van der Waals surface area contributed by atoms with Gasteiger partial charge >= 0.3 is 18.0 Å². The van der Waals surface area contributed by atoms with Crippen LogP contribution < -0.4 is 0 Å². The van der Waals surface area contributed by atoms with Gasteiger partial charge in [0.05, 0.1) is 6.07 Å². The first-order chi connectivity index (χ1) is 8.77. The molecule has 9 nitrogen and oxygen atoms in total. The summed E-state index contributed by atoms with van der Waals surface area (Å²) >= 11 is 0. The highest BCUT2D eigenvalue weighted by Crippen LogP contribution is 2.40. The Labute approximate surface area is 106 Å². The lowest BCUT2D eigenvalue weighted by atomic mass is 9.80.